The monoisotopic (exact) mass is 471 g/mol. The van der Waals surface area contributed by atoms with Crippen LogP contribution in [-0.4, -0.2) is 48.4 Å². The van der Waals surface area contributed by atoms with Crippen LogP contribution in [0.5, 0.6) is 0 Å². The maximum Gasteiger partial charge on any atom is 0.416 e. The number of halogens is 3. The van der Waals surface area contributed by atoms with Crippen LogP contribution in [0.4, 0.5) is 13.2 Å². The van der Waals surface area contributed by atoms with Crippen molar-refractivity contribution >= 4 is 5.91 Å². The summed E-state index contributed by atoms with van der Waals surface area (Å²) in [5, 5.41) is 8.66. The molecule has 0 bridgehead atoms. The fourth-order valence-corrected chi connectivity index (χ4v) is 4.52. The molecule has 34 heavy (non-hydrogen) atoms. The number of nitrogens with one attached hydrogen (secondary N) is 2. The molecule has 2 aromatic carbocycles. The Morgan fingerprint density at radius 3 is 2.32 bits per heavy atom. The Morgan fingerprint density at radius 1 is 1.00 bits per heavy atom. The first-order valence-corrected chi connectivity index (χ1v) is 11.5. The fraction of sp³-hybridized carbons (Fsp3) is 0.440. The van der Waals surface area contributed by atoms with Crippen molar-refractivity contribution in [2.75, 3.05) is 32.7 Å². The highest BCUT2D eigenvalue weighted by Crippen LogP contribution is 2.35. The Bertz CT molecular complexity index is 1030. The third-order valence-electron chi connectivity index (χ3n) is 6.50. The van der Waals surface area contributed by atoms with Gasteiger partial charge in [0.1, 0.15) is 0 Å². The zero-order valence-electron chi connectivity index (χ0n) is 18.8. The van der Waals surface area contributed by atoms with E-state index in [-0.39, 0.29) is 18.0 Å². The van der Waals surface area contributed by atoms with Crippen molar-refractivity contribution in [3.8, 4) is 6.07 Å². The normalized spacial score (nSPS) is 21.4. The van der Waals surface area contributed by atoms with E-state index in [1.165, 1.54) is 12.1 Å². The number of hydrazine groups is 1. The van der Waals surface area contributed by atoms with E-state index in [4.69, 9.17) is 5.26 Å². The first kappa shape index (κ1) is 24.2. The van der Waals surface area contributed by atoms with E-state index in [1.807, 2.05) is 29.2 Å². The zero-order valence-corrected chi connectivity index (χ0v) is 18.8. The van der Waals surface area contributed by atoms with Gasteiger partial charge in [-0.1, -0.05) is 24.3 Å². The second-order valence-corrected chi connectivity index (χ2v) is 8.77. The molecule has 2 aromatic rings. The number of carbonyl (C=O) groups is 1. The first-order chi connectivity index (χ1) is 16.3. The summed E-state index contributed by atoms with van der Waals surface area (Å²) < 4.78 is 39.1. The first-order valence-electron chi connectivity index (χ1n) is 11.5. The number of piperazine rings is 1. The molecular formula is C25H28F3N5O. The van der Waals surface area contributed by atoms with Crippen molar-refractivity contribution in [1.29, 1.82) is 5.26 Å². The van der Waals surface area contributed by atoms with Crippen LogP contribution in [0.25, 0.3) is 0 Å². The topological polar surface area (TPSA) is 71.4 Å². The standard InChI is InChI=1S/C25H28F3N5O/c26-25(27,28)21-5-3-4-20(16-21)23-17-22(30-31-23)18-6-8-19(9-7-18)24(34)33-14-12-32(13-15-33)11-2-1-10-29/h3-9,16,22-23,30-31H,1-2,11-15,17H2. The van der Waals surface area contributed by atoms with E-state index in [0.29, 0.717) is 37.1 Å². The fourth-order valence-electron chi connectivity index (χ4n) is 4.52. The summed E-state index contributed by atoms with van der Waals surface area (Å²) in [5.41, 5.74) is 7.80. The van der Waals surface area contributed by atoms with Crippen LogP contribution in [0.3, 0.4) is 0 Å². The van der Waals surface area contributed by atoms with Crippen molar-refractivity contribution < 1.29 is 18.0 Å². The molecule has 0 spiro atoms. The number of carbonyl (C=O) groups excluding carboxylic acids is 1. The number of nitrogens with zero attached hydrogens (tertiary/aromatic N) is 3. The van der Waals surface area contributed by atoms with Crippen LogP contribution in [0, 0.1) is 11.3 Å². The number of rotatable bonds is 6. The Hall–Kier alpha value is -2.93. The van der Waals surface area contributed by atoms with Gasteiger partial charge in [0.15, 0.2) is 0 Å². The molecular weight excluding hydrogens is 443 g/mol. The Kier molecular flexibility index (Phi) is 7.51. The highest BCUT2D eigenvalue weighted by atomic mass is 19.4. The van der Waals surface area contributed by atoms with Gasteiger partial charge in [-0.25, -0.2) is 10.9 Å². The number of amides is 1. The molecule has 4 rings (SSSR count). The van der Waals surface area contributed by atoms with Gasteiger partial charge in [-0.15, -0.1) is 0 Å². The molecule has 2 aliphatic heterocycles. The van der Waals surface area contributed by atoms with Gasteiger partial charge in [-0.05, 0) is 54.8 Å². The third kappa shape index (κ3) is 5.76. The summed E-state index contributed by atoms with van der Waals surface area (Å²) in [7, 11) is 0. The summed E-state index contributed by atoms with van der Waals surface area (Å²) in [4.78, 5) is 17.0. The van der Waals surface area contributed by atoms with Gasteiger partial charge in [0.2, 0.25) is 0 Å². The molecule has 2 fully saturated rings. The van der Waals surface area contributed by atoms with E-state index in [1.54, 1.807) is 6.07 Å². The molecule has 1 amide bonds. The predicted molar refractivity (Wildman–Crippen MR) is 121 cm³/mol. The second-order valence-electron chi connectivity index (χ2n) is 8.77. The van der Waals surface area contributed by atoms with Crippen molar-refractivity contribution in [3.05, 3.63) is 70.8 Å². The van der Waals surface area contributed by atoms with Crippen LogP contribution in [0.1, 0.15) is 58.4 Å². The molecule has 0 aliphatic carbocycles. The summed E-state index contributed by atoms with van der Waals surface area (Å²) in [6, 6.07) is 14.7. The van der Waals surface area contributed by atoms with Gasteiger partial charge >= 0.3 is 6.18 Å². The number of unbranched alkanes of at least 4 members (excludes halogenated alkanes) is 1. The molecule has 2 unspecified atom stereocenters. The maximum absolute atomic E-state index is 13.0. The van der Waals surface area contributed by atoms with Crippen LogP contribution < -0.4 is 10.9 Å². The average Bonchev–Trinajstić information content (AvgIpc) is 3.34. The average molecular weight is 472 g/mol. The minimum absolute atomic E-state index is 0.00238. The number of hydrogen-bond acceptors (Lipinski definition) is 5. The predicted octanol–water partition coefficient (Wildman–Crippen LogP) is 4.05. The SMILES string of the molecule is N#CCCCN1CCN(C(=O)c2ccc(C3CC(c4cccc(C(F)(F)F)c4)NN3)cc2)CC1. The van der Waals surface area contributed by atoms with Crippen molar-refractivity contribution in [3.63, 3.8) is 0 Å². The lowest BCUT2D eigenvalue weighted by atomic mass is 9.96. The highest BCUT2D eigenvalue weighted by molar-refractivity contribution is 5.94. The minimum atomic E-state index is -4.37. The zero-order chi connectivity index (χ0) is 24.1. The van der Waals surface area contributed by atoms with E-state index < -0.39 is 11.7 Å². The molecule has 180 valence electrons. The van der Waals surface area contributed by atoms with Gasteiger partial charge in [0.05, 0.1) is 11.6 Å². The number of hydrogen-bond donors (Lipinski definition) is 2. The molecule has 2 atom stereocenters. The Balaban J connectivity index is 1.32. The summed E-state index contributed by atoms with van der Waals surface area (Å²) >= 11 is 0. The Labute approximate surface area is 197 Å². The number of alkyl halides is 3. The largest absolute Gasteiger partial charge is 0.416 e. The van der Waals surface area contributed by atoms with E-state index in [9.17, 15) is 18.0 Å². The quantitative estimate of drug-likeness (QED) is 0.622. The molecule has 6 nitrogen and oxygen atoms in total. The molecule has 0 radical (unpaired) electrons. The molecule has 0 saturated carbocycles. The molecule has 0 aromatic heterocycles. The summed E-state index contributed by atoms with van der Waals surface area (Å²) in [5.74, 6) is 0.00238. The molecule has 2 aliphatic rings. The van der Waals surface area contributed by atoms with Crippen molar-refractivity contribution in [1.82, 2.24) is 20.7 Å². The highest BCUT2D eigenvalue weighted by Gasteiger charge is 2.32. The van der Waals surface area contributed by atoms with Gasteiger partial charge in [-0.2, -0.15) is 18.4 Å². The summed E-state index contributed by atoms with van der Waals surface area (Å²) in [6.07, 6.45) is -2.36. The van der Waals surface area contributed by atoms with Crippen LogP contribution in [-0.2, 0) is 6.18 Å². The summed E-state index contributed by atoms with van der Waals surface area (Å²) in [6.45, 7) is 3.84. The van der Waals surface area contributed by atoms with E-state index in [2.05, 4.69) is 21.8 Å². The van der Waals surface area contributed by atoms with E-state index in [0.717, 1.165) is 37.7 Å². The molecule has 2 heterocycles. The lowest BCUT2D eigenvalue weighted by Crippen LogP contribution is -2.48. The number of benzene rings is 2. The lowest BCUT2D eigenvalue weighted by molar-refractivity contribution is -0.137. The maximum atomic E-state index is 13.0. The Morgan fingerprint density at radius 2 is 1.68 bits per heavy atom. The lowest BCUT2D eigenvalue weighted by Gasteiger charge is -2.34. The van der Waals surface area contributed by atoms with Crippen molar-refractivity contribution in [2.45, 2.75) is 37.5 Å². The third-order valence-corrected chi connectivity index (χ3v) is 6.50. The van der Waals surface area contributed by atoms with Gasteiger partial charge in [0, 0.05) is 50.2 Å². The van der Waals surface area contributed by atoms with Crippen molar-refractivity contribution in [2.24, 2.45) is 0 Å². The number of nitriles is 1. The van der Waals surface area contributed by atoms with Gasteiger partial charge in [0.25, 0.3) is 5.91 Å². The van der Waals surface area contributed by atoms with Gasteiger partial charge < -0.3 is 4.90 Å². The van der Waals surface area contributed by atoms with Crippen LogP contribution in [0.2, 0.25) is 0 Å². The molecule has 9 heteroatoms. The van der Waals surface area contributed by atoms with Gasteiger partial charge in [-0.3, -0.25) is 9.69 Å². The smallest absolute Gasteiger partial charge is 0.336 e. The minimum Gasteiger partial charge on any atom is -0.336 e. The van der Waals surface area contributed by atoms with Crippen LogP contribution >= 0.6 is 0 Å². The molecule has 2 N–H and O–H groups in total. The van der Waals surface area contributed by atoms with Crippen LogP contribution in [0.15, 0.2) is 48.5 Å². The second kappa shape index (κ2) is 10.6. The van der Waals surface area contributed by atoms with E-state index >= 15 is 0 Å². The molecule has 2 saturated heterocycles.